The van der Waals surface area contributed by atoms with Crippen molar-refractivity contribution < 1.29 is 19.1 Å². The van der Waals surface area contributed by atoms with Crippen LogP contribution in [0.15, 0.2) is 42.5 Å². The Bertz CT molecular complexity index is 878. The van der Waals surface area contributed by atoms with Crippen molar-refractivity contribution in [2.24, 2.45) is 0 Å². The van der Waals surface area contributed by atoms with Crippen molar-refractivity contribution >= 4 is 11.9 Å². The molecule has 3 amide bonds. The van der Waals surface area contributed by atoms with Gasteiger partial charge < -0.3 is 14.8 Å². The van der Waals surface area contributed by atoms with Crippen LogP contribution >= 0.6 is 0 Å². The number of benzene rings is 2. The van der Waals surface area contributed by atoms with Crippen LogP contribution in [0.25, 0.3) is 0 Å². The van der Waals surface area contributed by atoms with Gasteiger partial charge >= 0.3 is 6.03 Å². The number of aryl methyl sites for hydroxylation is 1. The standard InChI is InChI=1S/C20H20N2O4/c1-13-3-5-14(6-4-13)11-22-18(23)20(2,21-19(22)24)10-15-7-8-16-17(9-15)26-12-25-16/h3-9H,10-12H2,1-2H3,(H,21,24)/t20-/m0/s1. The molecule has 0 aromatic heterocycles. The highest BCUT2D eigenvalue weighted by Gasteiger charge is 2.47. The van der Waals surface area contributed by atoms with Crippen molar-refractivity contribution in [3.63, 3.8) is 0 Å². The SMILES string of the molecule is Cc1ccc(CN2C(=O)N[C@@](C)(Cc3ccc4c(c3)OCO4)C2=O)cc1. The molecule has 0 radical (unpaired) electrons. The molecule has 2 aliphatic rings. The largest absolute Gasteiger partial charge is 0.454 e. The van der Waals surface area contributed by atoms with Gasteiger partial charge in [0.1, 0.15) is 5.54 Å². The maximum atomic E-state index is 12.9. The summed E-state index contributed by atoms with van der Waals surface area (Å²) in [5, 5.41) is 2.84. The first kappa shape index (κ1) is 16.4. The van der Waals surface area contributed by atoms with Gasteiger partial charge in [0.15, 0.2) is 11.5 Å². The summed E-state index contributed by atoms with van der Waals surface area (Å²) < 4.78 is 10.7. The Morgan fingerprint density at radius 3 is 2.50 bits per heavy atom. The minimum atomic E-state index is -0.977. The minimum absolute atomic E-state index is 0.204. The molecule has 0 spiro atoms. The number of imide groups is 1. The van der Waals surface area contributed by atoms with E-state index in [1.165, 1.54) is 4.90 Å². The molecule has 2 aromatic carbocycles. The Morgan fingerprint density at radius 1 is 1.04 bits per heavy atom. The Kier molecular flexibility index (Phi) is 3.83. The van der Waals surface area contributed by atoms with Crippen LogP contribution in [0.3, 0.4) is 0 Å². The van der Waals surface area contributed by atoms with Gasteiger partial charge in [-0.3, -0.25) is 9.69 Å². The predicted molar refractivity (Wildman–Crippen MR) is 94.9 cm³/mol. The fraction of sp³-hybridized carbons (Fsp3) is 0.300. The highest BCUT2D eigenvalue weighted by Crippen LogP contribution is 2.34. The van der Waals surface area contributed by atoms with E-state index in [-0.39, 0.29) is 25.3 Å². The molecular formula is C20H20N2O4. The van der Waals surface area contributed by atoms with E-state index < -0.39 is 5.54 Å². The molecule has 0 saturated carbocycles. The van der Waals surface area contributed by atoms with Crippen LogP contribution in [0.5, 0.6) is 11.5 Å². The van der Waals surface area contributed by atoms with Crippen LogP contribution < -0.4 is 14.8 Å². The minimum Gasteiger partial charge on any atom is -0.454 e. The molecule has 2 aromatic rings. The van der Waals surface area contributed by atoms with E-state index in [1.807, 2.05) is 49.4 Å². The van der Waals surface area contributed by atoms with E-state index in [9.17, 15) is 9.59 Å². The third-order valence-electron chi connectivity index (χ3n) is 4.80. The maximum absolute atomic E-state index is 12.9. The predicted octanol–water partition coefficient (Wildman–Crippen LogP) is 2.78. The monoisotopic (exact) mass is 352 g/mol. The summed E-state index contributed by atoms with van der Waals surface area (Å²) >= 11 is 0. The summed E-state index contributed by atoms with van der Waals surface area (Å²) in [6, 6.07) is 13.0. The number of amides is 3. The molecule has 0 aliphatic carbocycles. The molecule has 0 unspecified atom stereocenters. The van der Waals surface area contributed by atoms with Gasteiger partial charge in [0.25, 0.3) is 5.91 Å². The van der Waals surface area contributed by atoms with Crippen LogP contribution in [0.1, 0.15) is 23.6 Å². The smallest absolute Gasteiger partial charge is 0.325 e. The third kappa shape index (κ3) is 2.87. The summed E-state index contributed by atoms with van der Waals surface area (Å²) in [6.45, 7) is 4.23. The molecule has 26 heavy (non-hydrogen) atoms. The van der Waals surface area contributed by atoms with E-state index in [2.05, 4.69) is 5.32 Å². The van der Waals surface area contributed by atoms with Gasteiger partial charge in [-0.25, -0.2) is 4.79 Å². The molecule has 134 valence electrons. The van der Waals surface area contributed by atoms with Crippen molar-refractivity contribution in [1.29, 1.82) is 0 Å². The number of carbonyl (C=O) groups excluding carboxylic acids is 2. The van der Waals surface area contributed by atoms with E-state index in [4.69, 9.17) is 9.47 Å². The summed E-state index contributed by atoms with van der Waals surface area (Å²) in [7, 11) is 0. The number of nitrogens with one attached hydrogen (secondary N) is 1. The van der Waals surface area contributed by atoms with Crippen LogP contribution in [0, 0.1) is 6.92 Å². The van der Waals surface area contributed by atoms with Crippen molar-refractivity contribution in [3.05, 3.63) is 59.2 Å². The first-order chi connectivity index (χ1) is 12.4. The first-order valence-electron chi connectivity index (χ1n) is 8.53. The Hall–Kier alpha value is -3.02. The topological polar surface area (TPSA) is 67.9 Å². The van der Waals surface area contributed by atoms with Crippen molar-refractivity contribution in [1.82, 2.24) is 10.2 Å². The highest BCUT2D eigenvalue weighted by molar-refractivity contribution is 6.06. The van der Waals surface area contributed by atoms with E-state index in [0.29, 0.717) is 17.9 Å². The van der Waals surface area contributed by atoms with E-state index in [1.54, 1.807) is 6.92 Å². The van der Waals surface area contributed by atoms with Crippen LogP contribution in [-0.4, -0.2) is 29.2 Å². The maximum Gasteiger partial charge on any atom is 0.325 e. The number of fused-ring (bicyclic) bond motifs is 1. The lowest BCUT2D eigenvalue weighted by Crippen LogP contribution is -2.45. The lowest BCUT2D eigenvalue weighted by Gasteiger charge is -2.22. The fourth-order valence-corrected chi connectivity index (χ4v) is 3.35. The van der Waals surface area contributed by atoms with Gasteiger partial charge in [-0.1, -0.05) is 35.9 Å². The molecule has 6 nitrogen and oxygen atoms in total. The highest BCUT2D eigenvalue weighted by atomic mass is 16.7. The number of hydrogen-bond acceptors (Lipinski definition) is 4. The van der Waals surface area contributed by atoms with Crippen molar-refractivity contribution in [3.8, 4) is 11.5 Å². The average Bonchev–Trinajstić information content (AvgIpc) is 3.15. The van der Waals surface area contributed by atoms with Gasteiger partial charge in [-0.15, -0.1) is 0 Å². The zero-order valence-corrected chi connectivity index (χ0v) is 14.7. The quantitative estimate of drug-likeness (QED) is 0.859. The fourth-order valence-electron chi connectivity index (χ4n) is 3.35. The number of ether oxygens (including phenoxy) is 2. The molecular weight excluding hydrogens is 332 g/mol. The molecule has 6 heteroatoms. The lowest BCUT2D eigenvalue weighted by molar-refractivity contribution is -0.131. The molecule has 2 aliphatic heterocycles. The Labute approximate surface area is 151 Å². The Morgan fingerprint density at radius 2 is 1.73 bits per heavy atom. The van der Waals surface area contributed by atoms with E-state index >= 15 is 0 Å². The van der Waals surface area contributed by atoms with Crippen LogP contribution in [0.2, 0.25) is 0 Å². The van der Waals surface area contributed by atoms with Crippen molar-refractivity contribution in [2.45, 2.75) is 32.4 Å². The second-order valence-corrected chi connectivity index (χ2v) is 7.00. The third-order valence-corrected chi connectivity index (χ3v) is 4.80. The van der Waals surface area contributed by atoms with Crippen molar-refractivity contribution in [2.75, 3.05) is 6.79 Å². The molecule has 1 fully saturated rings. The molecule has 4 rings (SSSR count). The van der Waals surface area contributed by atoms with Crippen LogP contribution in [-0.2, 0) is 17.8 Å². The molecule has 1 saturated heterocycles. The molecule has 1 atom stereocenters. The summed E-state index contributed by atoms with van der Waals surface area (Å²) in [6.07, 6.45) is 0.388. The van der Waals surface area contributed by atoms with Crippen LogP contribution in [0.4, 0.5) is 4.79 Å². The summed E-state index contributed by atoms with van der Waals surface area (Å²) in [4.78, 5) is 26.6. The average molecular weight is 352 g/mol. The lowest BCUT2D eigenvalue weighted by atomic mass is 9.92. The van der Waals surface area contributed by atoms with Gasteiger partial charge in [0.2, 0.25) is 6.79 Å². The number of nitrogens with zero attached hydrogens (tertiary/aromatic N) is 1. The van der Waals surface area contributed by atoms with Gasteiger partial charge in [0, 0.05) is 6.42 Å². The number of rotatable bonds is 4. The zero-order valence-electron chi connectivity index (χ0n) is 14.7. The van der Waals surface area contributed by atoms with Gasteiger partial charge in [-0.2, -0.15) is 0 Å². The number of hydrogen-bond donors (Lipinski definition) is 1. The second kappa shape index (κ2) is 6.05. The van der Waals surface area contributed by atoms with Gasteiger partial charge in [0.05, 0.1) is 6.54 Å². The number of carbonyl (C=O) groups is 2. The number of urea groups is 1. The molecule has 0 bridgehead atoms. The molecule has 1 N–H and O–H groups in total. The normalized spacial score (nSPS) is 21.2. The molecule has 2 heterocycles. The summed E-state index contributed by atoms with van der Waals surface area (Å²) in [5.74, 6) is 1.14. The zero-order chi connectivity index (χ0) is 18.3. The first-order valence-corrected chi connectivity index (χ1v) is 8.53. The Balaban J connectivity index is 1.52. The second-order valence-electron chi connectivity index (χ2n) is 7.00. The van der Waals surface area contributed by atoms with Gasteiger partial charge in [-0.05, 0) is 37.1 Å². The summed E-state index contributed by atoms with van der Waals surface area (Å²) in [5.41, 5.74) is 1.99. The van der Waals surface area contributed by atoms with E-state index in [0.717, 1.165) is 16.7 Å².